The van der Waals surface area contributed by atoms with Crippen LogP contribution in [0.2, 0.25) is 0 Å². The van der Waals surface area contributed by atoms with Crippen molar-refractivity contribution in [2.24, 2.45) is 11.8 Å². The van der Waals surface area contributed by atoms with Gasteiger partial charge in [0.2, 0.25) is 5.91 Å². The van der Waals surface area contributed by atoms with Gasteiger partial charge in [-0.05, 0) is 43.4 Å². The fraction of sp³-hybridized carbons (Fsp3) is 0.500. The van der Waals surface area contributed by atoms with Crippen molar-refractivity contribution in [3.05, 3.63) is 29.8 Å². The second-order valence-electron chi connectivity index (χ2n) is 6.65. The topological polar surface area (TPSA) is 55.8 Å². The molecule has 1 saturated heterocycles. The predicted molar refractivity (Wildman–Crippen MR) is 92.6 cm³/mol. The maximum Gasteiger partial charge on any atom is 0.311 e. The van der Waals surface area contributed by atoms with Gasteiger partial charge in [0, 0.05) is 19.0 Å². The molecule has 1 aliphatic carbocycles. The van der Waals surface area contributed by atoms with Gasteiger partial charge in [0.25, 0.3) is 0 Å². The molecule has 0 aromatic heterocycles. The molecule has 0 spiro atoms. The number of benzene rings is 1. The number of hydrogen-bond acceptors (Lipinski definition) is 4. The van der Waals surface area contributed by atoms with E-state index in [9.17, 15) is 9.59 Å². The minimum Gasteiger partial charge on any atom is -0.481 e. The Kier molecular flexibility index (Phi) is 5.60. The minimum absolute atomic E-state index is 0.194. The number of carbonyl (C=O) groups is 2. The van der Waals surface area contributed by atoms with Crippen LogP contribution < -0.4 is 4.74 Å². The molecule has 5 heteroatoms. The second kappa shape index (κ2) is 8.06. The zero-order valence-corrected chi connectivity index (χ0v) is 14.3. The van der Waals surface area contributed by atoms with Gasteiger partial charge in [0.15, 0.2) is 0 Å². The molecule has 0 radical (unpaired) electrons. The van der Waals surface area contributed by atoms with Crippen LogP contribution in [0.25, 0.3) is 0 Å². The summed E-state index contributed by atoms with van der Waals surface area (Å²) >= 11 is 0. The number of terminal acetylenes is 1. The summed E-state index contributed by atoms with van der Waals surface area (Å²) in [6.45, 7) is 1.64. The van der Waals surface area contributed by atoms with Gasteiger partial charge in [0.05, 0.1) is 5.92 Å². The van der Waals surface area contributed by atoms with Crippen molar-refractivity contribution in [2.75, 3.05) is 19.7 Å². The SMILES string of the molecule is C#CCOc1cccc(COC(=O)C2CCCN(C(=O)C3CC3)C2)c1. The summed E-state index contributed by atoms with van der Waals surface area (Å²) in [4.78, 5) is 26.4. The fourth-order valence-electron chi connectivity index (χ4n) is 3.08. The highest BCUT2D eigenvalue weighted by Crippen LogP contribution is 2.32. The van der Waals surface area contributed by atoms with E-state index in [-0.39, 0.29) is 36.9 Å². The zero-order chi connectivity index (χ0) is 17.6. The summed E-state index contributed by atoms with van der Waals surface area (Å²) < 4.78 is 10.8. The molecule has 1 saturated carbocycles. The first kappa shape index (κ1) is 17.3. The number of amides is 1. The van der Waals surface area contributed by atoms with Crippen molar-refractivity contribution in [1.29, 1.82) is 0 Å². The monoisotopic (exact) mass is 341 g/mol. The number of likely N-dealkylation sites (tertiary alicyclic amines) is 1. The average Bonchev–Trinajstić information content (AvgIpc) is 3.49. The molecule has 1 amide bonds. The molecule has 1 atom stereocenters. The Morgan fingerprint density at radius 2 is 2.08 bits per heavy atom. The summed E-state index contributed by atoms with van der Waals surface area (Å²) in [6.07, 6.45) is 8.79. The third-order valence-corrected chi connectivity index (χ3v) is 4.59. The molecule has 0 bridgehead atoms. The number of rotatable bonds is 6. The van der Waals surface area contributed by atoms with E-state index in [0.29, 0.717) is 12.3 Å². The molecular weight excluding hydrogens is 318 g/mol. The van der Waals surface area contributed by atoms with Crippen LogP contribution in [0.3, 0.4) is 0 Å². The van der Waals surface area contributed by atoms with Gasteiger partial charge in [-0.3, -0.25) is 9.59 Å². The Bertz CT molecular complexity index is 675. The maximum atomic E-state index is 12.4. The van der Waals surface area contributed by atoms with E-state index in [1.165, 1.54) is 0 Å². The Balaban J connectivity index is 1.50. The highest BCUT2D eigenvalue weighted by atomic mass is 16.5. The molecule has 1 unspecified atom stereocenters. The Hall–Kier alpha value is -2.48. The van der Waals surface area contributed by atoms with E-state index in [4.69, 9.17) is 15.9 Å². The number of ether oxygens (including phenoxy) is 2. The molecule has 3 rings (SSSR count). The van der Waals surface area contributed by atoms with Crippen LogP contribution in [-0.4, -0.2) is 36.5 Å². The highest BCUT2D eigenvalue weighted by molar-refractivity contribution is 5.82. The second-order valence-corrected chi connectivity index (χ2v) is 6.65. The zero-order valence-electron chi connectivity index (χ0n) is 14.3. The van der Waals surface area contributed by atoms with Gasteiger partial charge < -0.3 is 14.4 Å². The number of piperidine rings is 1. The van der Waals surface area contributed by atoms with Crippen molar-refractivity contribution in [2.45, 2.75) is 32.3 Å². The lowest BCUT2D eigenvalue weighted by Gasteiger charge is -2.31. The summed E-state index contributed by atoms with van der Waals surface area (Å²) in [7, 11) is 0. The Labute approximate surface area is 148 Å². The van der Waals surface area contributed by atoms with Crippen LogP contribution >= 0.6 is 0 Å². The first-order valence-corrected chi connectivity index (χ1v) is 8.78. The summed E-state index contributed by atoms with van der Waals surface area (Å²) in [5, 5.41) is 0. The van der Waals surface area contributed by atoms with Crippen LogP contribution in [0.5, 0.6) is 5.75 Å². The van der Waals surface area contributed by atoms with E-state index in [0.717, 1.165) is 37.8 Å². The molecule has 0 N–H and O–H groups in total. The first-order chi connectivity index (χ1) is 12.2. The van der Waals surface area contributed by atoms with E-state index in [1.807, 2.05) is 29.2 Å². The summed E-state index contributed by atoms with van der Waals surface area (Å²) in [5.41, 5.74) is 0.851. The molecule has 1 aromatic carbocycles. The van der Waals surface area contributed by atoms with Crippen molar-refractivity contribution in [3.8, 4) is 18.1 Å². The Morgan fingerprint density at radius 3 is 2.84 bits per heavy atom. The van der Waals surface area contributed by atoms with E-state index in [2.05, 4.69) is 5.92 Å². The Morgan fingerprint density at radius 1 is 1.24 bits per heavy atom. The lowest BCUT2D eigenvalue weighted by atomic mass is 9.98. The average molecular weight is 341 g/mol. The fourth-order valence-corrected chi connectivity index (χ4v) is 3.08. The van der Waals surface area contributed by atoms with Crippen LogP contribution in [0.4, 0.5) is 0 Å². The van der Waals surface area contributed by atoms with Crippen LogP contribution in [-0.2, 0) is 20.9 Å². The van der Waals surface area contributed by atoms with Gasteiger partial charge in [-0.1, -0.05) is 18.1 Å². The van der Waals surface area contributed by atoms with Crippen molar-refractivity contribution < 1.29 is 19.1 Å². The van der Waals surface area contributed by atoms with Crippen LogP contribution in [0, 0.1) is 24.2 Å². The van der Waals surface area contributed by atoms with Gasteiger partial charge in [-0.25, -0.2) is 0 Å². The number of nitrogens with zero attached hydrogens (tertiary/aromatic N) is 1. The largest absolute Gasteiger partial charge is 0.481 e. The molecule has 2 fully saturated rings. The third kappa shape index (κ3) is 4.76. The lowest BCUT2D eigenvalue weighted by molar-refractivity contribution is -0.153. The van der Waals surface area contributed by atoms with Crippen molar-refractivity contribution in [1.82, 2.24) is 4.90 Å². The molecule has 25 heavy (non-hydrogen) atoms. The summed E-state index contributed by atoms with van der Waals surface area (Å²) in [5.74, 6) is 3.01. The normalized spacial score (nSPS) is 19.8. The van der Waals surface area contributed by atoms with Crippen molar-refractivity contribution in [3.63, 3.8) is 0 Å². The number of carbonyl (C=O) groups excluding carboxylic acids is 2. The van der Waals surface area contributed by atoms with Crippen LogP contribution in [0.1, 0.15) is 31.2 Å². The molecule has 1 heterocycles. The quantitative estimate of drug-likeness (QED) is 0.589. The van der Waals surface area contributed by atoms with Gasteiger partial charge in [-0.15, -0.1) is 6.42 Å². The molecule has 1 aliphatic heterocycles. The molecule has 2 aliphatic rings. The van der Waals surface area contributed by atoms with Crippen molar-refractivity contribution >= 4 is 11.9 Å². The molecular formula is C20H23NO4. The highest BCUT2D eigenvalue weighted by Gasteiger charge is 2.37. The van der Waals surface area contributed by atoms with E-state index >= 15 is 0 Å². The number of esters is 1. The van der Waals surface area contributed by atoms with Gasteiger partial charge in [0.1, 0.15) is 19.0 Å². The molecule has 132 valence electrons. The third-order valence-electron chi connectivity index (χ3n) is 4.59. The van der Waals surface area contributed by atoms with E-state index in [1.54, 1.807) is 0 Å². The van der Waals surface area contributed by atoms with Crippen LogP contribution in [0.15, 0.2) is 24.3 Å². The van der Waals surface area contributed by atoms with Gasteiger partial charge >= 0.3 is 5.97 Å². The summed E-state index contributed by atoms with van der Waals surface area (Å²) in [6, 6.07) is 7.34. The lowest BCUT2D eigenvalue weighted by Crippen LogP contribution is -2.43. The predicted octanol–water partition coefficient (Wildman–Crippen LogP) is 2.39. The molecule has 5 nitrogen and oxygen atoms in total. The minimum atomic E-state index is -0.233. The number of hydrogen-bond donors (Lipinski definition) is 0. The smallest absolute Gasteiger partial charge is 0.311 e. The molecule has 1 aromatic rings. The standard InChI is InChI=1S/C20H23NO4/c1-2-11-24-18-7-3-5-15(12-18)14-25-20(23)17-6-4-10-21(13-17)19(22)16-8-9-16/h1,3,5,7,12,16-17H,4,6,8-11,13-14H2. The first-order valence-electron chi connectivity index (χ1n) is 8.78. The van der Waals surface area contributed by atoms with E-state index < -0.39 is 0 Å². The van der Waals surface area contributed by atoms with Gasteiger partial charge in [-0.2, -0.15) is 0 Å². The maximum absolute atomic E-state index is 12.4.